The van der Waals surface area contributed by atoms with Gasteiger partial charge in [0.2, 0.25) is 5.91 Å². The molecule has 2 aliphatic heterocycles. The fraction of sp³-hybridized carbons (Fsp3) is 0.333. The molecule has 2 aromatic rings. The number of para-hydroxylation sites is 1. The molecule has 1 saturated heterocycles. The van der Waals surface area contributed by atoms with Crippen molar-refractivity contribution in [3.63, 3.8) is 0 Å². The molecule has 0 unspecified atom stereocenters. The van der Waals surface area contributed by atoms with Gasteiger partial charge in [-0.25, -0.2) is 0 Å². The van der Waals surface area contributed by atoms with Gasteiger partial charge < -0.3 is 20.3 Å². The second kappa shape index (κ2) is 6.23. The van der Waals surface area contributed by atoms with Crippen LogP contribution < -0.4 is 15.4 Å². The van der Waals surface area contributed by atoms with Crippen LogP contribution in [0.15, 0.2) is 42.5 Å². The summed E-state index contributed by atoms with van der Waals surface area (Å²) in [5.41, 5.74) is 3.09. The average molecular weight is 382 g/mol. The fourth-order valence-corrected chi connectivity index (χ4v) is 4.34. The number of ether oxygens (including phenoxy) is 1. The van der Waals surface area contributed by atoms with E-state index in [4.69, 9.17) is 17.0 Å². The van der Waals surface area contributed by atoms with Gasteiger partial charge in [-0.05, 0) is 50.7 Å². The molecule has 140 valence electrons. The van der Waals surface area contributed by atoms with Crippen molar-refractivity contribution in [2.45, 2.75) is 32.5 Å². The molecule has 1 fully saturated rings. The number of nitrogens with zero attached hydrogens (tertiary/aromatic N) is 1. The molecule has 2 bridgehead atoms. The van der Waals surface area contributed by atoms with Gasteiger partial charge in [0.1, 0.15) is 11.7 Å². The van der Waals surface area contributed by atoms with Crippen LogP contribution in [0.5, 0.6) is 5.75 Å². The Labute approximate surface area is 164 Å². The van der Waals surface area contributed by atoms with Gasteiger partial charge in [-0.2, -0.15) is 0 Å². The maximum atomic E-state index is 13.4. The van der Waals surface area contributed by atoms with Gasteiger partial charge in [-0.1, -0.05) is 35.9 Å². The van der Waals surface area contributed by atoms with Crippen LogP contribution in [0.1, 0.15) is 29.7 Å². The second-order valence-electron chi connectivity index (χ2n) is 7.47. The number of hydrogen-bond acceptors (Lipinski definition) is 3. The Morgan fingerprint density at radius 1 is 1.26 bits per heavy atom. The van der Waals surface area contributed by atoms with Crippen LogP contribution in [0.2, 0.25) is 0 Å². The molecule has 3 atom stereocenters. The van der Waals surface area contributed by atoms with Crippen molar-refractivity contribution in [2.75, 3.05) is 12.4 Å². The molecule has 2 aromatic carbocycles. The molecule has 0 spiro atoms. The molecule has 0 saturated carbocycles. The summed E-state index contributed by atoms with van der Waals surface area (Å²) in [7, 11) is 1.86. The number of hydrogen-bond donors (Lipinski definition) is 2. The summed E-state index contributed by atoms with van der Waals surface area (Å²) in [5, 5.41) is 7.01. The minimum Gasteiger partial charge on any atom is -0.467 e. The molecule has 0 radical (unpaired) electrons. The molecule has 2 heterocycles. The average Bonchev–Trinajstić information content (AvgIpc) is 2.62. The summed E-state index contributed by atoms with van der Waals surface area (Å²) in [4.78, 5) is 15.2. The molecule has 2 N–H and O–H groups in total. The molecular formula is C21H23N3O2S. The number of rotatable bonds is 2. The van der Waals surface area contributed by atoms with E-state index in [1.165, 1.54) is 0 Å². The first-order valence-corrected chi connectivity index (χ1v) is 9.42. The highest BCUT2D eigenvalue weighted by molar-refractivity contribution is 7.80. The Morgan fingerprint density at radius 2 is 2.00 bits per heavy atom. The van der Waals surface area contributed by atoms with Crippen LogP contribution in [0, 0.1) is 19.8 Å². The Hall–Kier alpha value is -2.60. The quantitative estimate of drug-likeness (QED) is 0.780. The number of amides is 1. The molecule has 1 amide bonds. The highest BCUT2D eigenvalue weighted by Crippen LogP contribution is 2.47. The van der Waals surface area contributed by atoms with E-state index in [9.17, 15) is 4.79 Å². The number of nitrogens with one attached hydrogen (secondary N) is 2. The summed E-state index contributed by atoms with van der Waals surface area (Å²) in [6, 6.07) is 13.6. The number of benzene rings is 2. The SMILES string of the molecule is Cc1ccc(NC(=O)[C@H]2[C@H]3NC(=S)N(C)[C@@]2(C)Oc2ccccc23)c(C)c1. The highest BCUT2D eigenvalue weighted by Gasteiger charge is 2.57. The smallest absolute Gasteiger partial charge is 0.236 e. The number of anilines is 1. The van der Waals surface area contributed by atoms with E-state index in [2.05, 4.69) is 16.7 Å². The summed E-state index contributed by atoms with van der Waals surface area (Å²) < 4.78 is 6.33. The first-order chi connectivity index (χ1) is 12.8. The van der Waals surface area contributed by atoms with E-state index < -0.39 is 11.6 Å². The van der Waals surface area contributed by atoms with E-state index >= 15 is 0 Å². The summed E-state index contributed by atoms with van der Waals surface area (Å²) in [5.74, 6) is 0.220. The van der Waals surface area contributed by atoms with E-state index in [0.717, 1.165) is 28.1 Å². The van der Waals surface area contributed by atoms with Crippen LogP contribution in [-0.4, -0.2) is 28.7 Å². The van der Waals surface area contributed by atoms with Gasteiger partial charge in [-0.3, -0.25) is 4.79 Å². The normalized spacial score (nSPS) is 25.9. The number of carbonyl (C=O) groups is 1. The summed E-state index contributed by atoms with van der Waals surface area (Å²) >= 11 is 5.49. The zero-order valence-electron chi connectivity index (χ0n) is 15.9. The Balaban J connectivity index is 1.74. The lowest BCUT2D eigenvalue weighted by Crippen LogP contribution is -2.70. The number of aryl methyl sites for hydroxylation is 2. The molecular weight excluding hydrogens is 358 g/mol. The van der Waals surface area contributed by atoms with Crippen LogP contribution in [0.4, 0.5) is 5.69 Å². The zero-order chi connectivity index (χ0) is 19.3. The van der Waals surface area contributed by atoms with Crippen LogP contribution in [0.25, 0.3) is 0 Å². The molecule has 27 heavy (non-hydrogen) atoms. The van der Waals surface area contributed by atoms with Gasteiger partial charge in [0.25, 0.3) is 0 Å². The number of fused-ring (bicyclic) bond motifs is 4. The Bertz CT molecular complexity index is 945. The largest absolute Gasteiger partial charge is 0.467 e. The maximum absolute atomic E-state index is 13.4. The third kappa shape index (κ3) is 2.75. The lowest BCUT2D eigenvalue weighted by molar-refractivity contribution is -0.146. The second-order valence-corrected chi connectivity index (χ2v) is 7.85. The predicted molar refractivity (Wildman–Crippen MR) is 110 cm³/mol. The molecule has 2 aliphatic rings. The first kappa shape index (κ1) is 17.8. The van der Waals surface area contributed by atoms with Crippen molar-refractivity contribution < 1.29 is 9.53 Å². The van der Waals surface area contributed by atoms with Crippen LogP contribution >= 0.6 is 12.2 Å². The van der Waals surface area contributed by atoms with Crippen molar-refractivity contribution >= 4 is 28.9 Å². The van der Waals surface area contributed by atoms with Crippen molar-refractivity contribution in [3.8, 4) is 5.75 Å². The fourth-order valence-electron chi connectivity index (χ4n) is 4.03. The molecule has 0 aromatic heterocycles. The summed E-state index contributed by atoms with van der Waals surface area (Å²) in [6.07, 6.45) is 0. The minimum absolute atomic E-state index is 0.0918. The summed E-state index contributed by atoms with van der Waals surface area (Å²) in [6.45, 7) is 5.96. The van der Waals surface area contributed by atoms with Crippen molar-refractivity contribution in [1.29, 1.82) is 0 Å². The van der Waals surface area contributed by atoms with Crippen LogP contribution in [0.3, 0.4) is 0 Å². The Kier molecular flexibility index (Phi) is 4.11. The topological polar surface area (TPSA) is 53.6 Å². The standard InChI is InChI=1S/C21H23N3O2S/c1-12-9-10-15(13(2)11-12)22-19(25)17-18-14-7-5-6-8-16(14)26-21(17,3)24(4)20(27)23-18/h5-11,17-18H,1-4H3,(H,22,25)(H,23,27)/t17-,18+,21+/m1/s1. The third-order valence-electron chi connectivity index (χ3n) is 5.65. The molecule has 0 aliphatic carbocycles. The lowest BCUT2D eigenvalue weighted by atomic mass is 9.79. The van der Waals surface area contributed by atoms with Gasteiger partial charge in [-0.15, -0.1) is 0 Å². The predicted octanol–water partition coefficient (Wildman–Crippen LogP) is 3.53. The van der Waals surface area contributed by atoms with Crippen molar-refractivity contribution in [2.24, 2.45) is 5.92 Å². The molecule has 5 nitrogen and oxygen atoms in total. The molecule has 6 heteroatoms. The third-order valence-corrected chi connectivity index (χ3v) is 6.04. The van der Waals surface area contributed by atoms with Gasteiger partial charge in [0, 0.05) is 18.3 Å². The number of carbonyl (C=O) groups excluding carboxylic acids is 1. The van der Waals surface area contributed by atoms with Crippen molar-refractivity contribution in [3.05, 3.63) is 59.2 Å². The minimum atomic E-state index is -0.871. The van der Waals surface area contributed by atoms with Crippen molar-refractivity contribution in [1.82, 2.24) is 10.2 Å². The van der Waals surface area contributed by atoms with E-state index in [0.29, 0.717) is 5.11 Å². The monoisotopic (exact) mass is 381 g/mol. The van der Waals surface area contributed by atoms with E-state index in [1.54, 1.807) is 0 Å². The highest BCUT2D eigenvalue weighted by atomic mass is 32.1. The maximum Gasteiger partial charge on any atom is 0.236 e. The lowest BCUT2D eigenvalue weighted by Gasteiger charge is -2.55. The van der Waals surface area contributed by atoms with Gasteiger partial charge >= 0.3 is 0 Å². The van der Waals surface area contributed by atoms with Crippen LogP contribution in [-0.2, 0) is 4.79 Å². The van der Waals surface area contributed by atoms with Gasteiger partial charge in [0.05, 0.1) is 6.04 Å². The Morgan fingerprint density at radius 3 is 2.74 bits per heavy atom. The van der Waals surface area contributed by atoms with E-state index in [-0.39, 0.29) is 11.9 Å². The first-order valence-electron chi connectivity index (χ1n) is 9.01. The number of thiocarbonyl (C=S) groups is 1. The van der Waals surface area contributed by atoms with E-state index in [1.807, 2.05) is 69.1 Å². The molecule has 4 rings (SSSR count). The zero-order valence-corrected chi connectivity index (χ0v) is 16.7. The van der Waals surface area contributed by atoms with Gasteiger partial charge in [0.15, 0.2) is 10.8 Å².